The minimum absolute atomic E-state index is 0.0205. The van der Waals surface area contributed by atoms with Crippen LogP contribution >= 0.6 is 23.2 Å². The van der Waals surface area contributed by atoms with E-state index in [1.54, 1.807) is 0 Å². The quantitative estimate of drug-likeness (QED) is 0.892. The van der Waals surface area contributed by atoms with E-state index in [2.05, 4.69) is 10.6 Å². The number of hydrogen-bond donors (Lipinski definition) is 2. The van der Waals surface area contributed by atoms with Gasteiger partial charge in [-0.25, -0.2) is 0 Å². The van der Waals surface area contributed by atoms with Crippen LogP contribution in [0.5, 0.6) is 0 Å². The van der Waals surface area contributed by atoms with E-state index in [-0.39, 0.29) is 17.9 Å². The van der Waals surface area contributed by atoms with Crippen LogP contribution in [0.1, 0.15) is 24.8 Å². The molecule has 116 valence electrons. The Morgan fingerprint density at radius 1 is 1.43 bits per heavy atom. The third-order valence-corrected chi connectivity index (χ3v) is 4.34. The third kappa shape index (κ3) is 4.85. The van der Waals surface area contributed by atoms with E-state index in [1.807, 2.05) is 18.2 Å². The summed E-state index contributed by atoms with van der Waals surface area (Å²) < 4.78 is 5.93. The van der Waals surface area contributed by atoms with E-state index in [0.717, 1.165) is 25.1 Å². The number of carbonyl (C=O) groups excluding carboxylic acids is 1. The number of benzene rings is 1. The average molecular weight is 331 g/mol. The Morgan fingerprint density at radius 3 is 2.95 bits per heavy atom. The van der Waals surface area contributed by atoms with Crippen molar-refractivity contribution in [2.75, 3.05) is 26.2 Å². The fourth-order valence-corrected chi connectivity index (χ4v) is 2.84. The Bertz CT molecular complexity index is 497. The molecule has 1 aliphatic heterocycles. The molecule has 2 rings (SSSR count). The maximum absolute atomic E-state index is 11.0. The normalized spacial score (nSPS) is 22.6. The van der Waals surface area contributed by atoms with Gasteiger partial charge in [0.05, 0.1) is 22.8 Å². The molecule has 1 fully saturated rings. The van der Waals surface area contributed by atoms with Crippen LogP contribution in [-0.4, -0.2) is 38.3 Å². The second-order valence-electron chi connectivity index (χ2n) is 5.17. The van der Waals surface area contributed by atoms with Crippen molar-refractivity contribution >= 4 is 29.1 Å². The molecular weight excluding hydrogens is 311 g/mol. The van der Waals surface area contributed by atoms with Gasteiger partial charge in [0.25, 0.3) is 0 Å². The third-order valence-electron chi connectivity index (χ3n) is 3.60. The van der Waals surface area contributed by atoms with E-state index in [9.17, 15) is 4.79 Å². The van der Waals surface area contributed by atoms with Crippen molar-refractivity contribution in [2.24, 2.45) is 0 Å². The van der Waals surface area contributed by atoms with E-state index in [4.69, 9.17) is 27.9 Å². The zero-order chi connectivity index (χ0) is 15.2. The van der Waals surface area contributed by atoms with Gasteiger partial charge < -0.3 is 15.4 Å². The van der Waals surface area contributed by atoms with Crippen molar-refractivity contribution < 1.29 is 9.53 Å². The number of nitrogens with one attached hydrogen (secondary N) is 2. The fraction of sp³-hybridized carbons (Fsp3) is 0.533. The molecule has 1 amide bonds. The summed E-state index contributed by atoms with van der Waals surface area (Å²) in [6, 6.07) is 5.70. The number of amides is 1. The lowest BCUT2D eigenvalue weighted by molar-refractivity contribution is -0.119. The van der Waals surface area contributed by atoms with Crippen molar-refractivity contribution in [1.29, 1.82) is 0 Å². The van der Waals surface area contributed by atoms with Gasteiger partial charge in [-0.1, -0.05) is 29.3 Å². The average Bonchev–Trinajstić information content (AvgIpc) is 2.67. The molecule has 0 aromatic heterocycles. The summed E-state index contributed by atoms with van der Waals surface area (Å²) in [4.78, 5) is 11.0. The number of carbonyl (C=O) groups is 1. The van der Waals surface area contributed by atoms with Crippen LogP contribution in [-0.2, 0) is 9.53 Å². The van der Waals surface area contributed by atoms with Crippen molar-refractivity contribution in [3.63, 3.8) is 0 Å². The summed E-state index contributed by atoms with van der Waals surface area (Å²) in [5, 5.41) is 7.30. The first-order valence-corrected chi connectivity index (χ1v) is 7.85. The van der Waals surface area contributed by atoms with Crippen LogP contribution in [0.15, 0.2) is 18.2 Å². The Kier molecular flexibility index (Phi) is 6.30. The van der Waals surface area contributed by atoms with Gasteiger partial charge in [0.1, 0.15) is 0 Å². The van der Waals surface area contributed by atoms with Crippen molar-refractivity contribution in [3.05, 3.63) is 33.8 Å². The molecule has 1 aromatic carbocycles. The molecule has 1 aliphatic rings. The number of rotatable bonds is 4. The van der Waals surface area contributed by atoms with E-state index in [0.29, 0.717) is 23.2 Å². The Hall–Kier alpha value is -0.810. The van der Waals surface area contributed by atoms with Gasteiger partial charge in [0.15, 0.2) is 0 Å². The number of hydrogen-bond acceptors (Lipinski definition) is 3. The van der Waals surface area contributed by atoms with Crippen molar-refractivity contribution in [1.82, 2.24) is 10.6 Å². The van der Waals surface area contributed by atoms with Gasteiger partial charge >= 0.3 is 0 Å². The minimum Gasteiger partial charge on any atom is -0.376 e. The molecule has 2 N–H and O–H groups in total. The van der Waals surface area contributed by atoms with Crippen molar-refractivity contribution in [3.8, 4) is 0 Å². The molecule has 1 heterocycles. The second kappa shape index (κ2) is 7.99. The first kappa shape index (κ1) is 16.6. The minimum atomic E-state index is -0.0205. The van der Waals surface area contributed by atoms with Crippen LogP contribution in [0.25, 0.3) is 0 Å². The van der Waals surface area contributed by atoms with E-state index >= 15 is 0 Å². The van der Waals surface area contributed by atoms with Gasteiger partial charge in [-0.05, 0) is 24.1 Å². The topological polar surface area (TPSA) is 50.4 Å². The first-order chi connectivity index (χ1) is 10.1. The molecular formula is C15H20Cl2N2O2. The van der Waals surface area contributed by atoms with E-state index in [1.165, 1.54) is 6.92 Å². The van der Waals surface area contributed by atoms with Gasteiger partial charge in [-0.15, -0.1) is 0 Å². The molecule has 0 spiro atoms. The Morgan fingerprint density at radius 2 is 2.24 bits per heavy atom. The first-order valence-electron chi connectivity index (χ1n) is 7.09. The van der Waals surface area contributed by atoms with Crippen molar-refractivity contribution in [2.45, 2.75) is 25.4 Å². The molecule has 6 heteroatoms. The second-order valence-corrected chi connectivity index (χ2v) is 5.98. The molecule has 2 unspecified atom stereocenters. The Balaban J connectivity index is 2.10. The lowest BCUT2D eigenvalue weighted by Gasteiger charge is -2.25. The summed E-state index contributed by atoms with van der Waals surface area (Å²) in [5.74, 6) is 0.170. The molecule has 4 nitrogen and oxygen atoms in total. The highest BCUT2D eigenvalue weighted by molar-refractivity contribution is 6.42. The SMILES string of the molecule is CC(=O)NCCC1OCCNCC1c1ccc(Cl)c(Cl)c1. The van der Waals surface area contributed by atoms with Crippen LogP contribution < -0.4 is 10.6 Å². The molecule has 0 saturated carbocycles. The number of halogens is 2. The van der Waals surface area contributed by atoms with Crippen LogP contribution in [0, 0.1) is 0 Å². The van der Waals surface area contributed by atoms with Gasteiger partial charge in [-0.2, -0.15) is 0 Å². The molecule has 0 radical (unpaired) electrons. The molecule has 0 bridgehead atoms. The van der Waals surface area contributed by atoms with Crippen LogP contribution in [0.3, 0.4) is 0 Å². The lowest BCUT2D eigenvalue weighted by Crippen LogP contribution is -2.31. The highest BCUT2D eigenvalue weighted by atomic mass is 35.5. The summed E-state index contributed by atoms with van der Waals surface area (Å²) in [6.07, 6.45) is 0.815. The molecule has 2 atom stereocenters. The summed E-state index contributed by atoms with van der Waals surface area (Å²) in [6.45, 7) is 4.45. The summed E-state index contributed by atoms with van der Waals surface area (Å²) >= 11 is 12.1. The highest BCUT2D eigenvalue weighted by Crippen LogP contribution is 2.30. The zero-order valence-electron chi connectivity index (χ0n) is 12.0. The lowest BCUT2D eigenvalue weighted by atomic mass is 9.91. The largest absolute Gasteiger partial charge is 0.376 e. The summed E-state index contributed by atoms with van der Waals surface area (Å²) in [5.41, 5.74) is 1.10. The predicted octanol–water partition coefficient (Wildman–Crippen LogP) is 2.59. The highest BCUT2D eigenvalue weighted by Gasteiger charge is 2.26. The van der Waals surface area contributed by atoms with Crippen LogP contribution in [0.2, 0.25) is 10.0 Å². The van der Waals surface area contributed by atoms with Crippen LogP contribution in [0.4, 0.5) is 0 Å². The Labute approximate surface area is 135 Å². The molecule has 1 aromatic rings. The smallest absolute Gasteiger partial charge is 0.216 e. The molecule has 21 heavy (non-hydrogen) atoms. The fourth-order valence-electron chi connectivity index (χ4n) is 2.54. The molecule has 1 saturated heterocycles. The maximum atomic E-state index is 11.0. The predicted molar refractivity (Wildman–Crippen MR) is 85.1 cm³/mol. The van der Waals surface area contributed by atoms with E-state index < -0.39 is 0 Å². The number of ether oxygens (including phenoxy) is 1. The monoisotopic (exact) mass is 330 g/mol. The zero-order valence-corrected chi connectivity index (χ0v) is 13.5. The summed E-state index contributed by atoms with van der Waals surface area (Å²) in [7, 11) is 0. The van der Waals surface area contributed by atoms with Gasteiger partial charge in [0.2, 0.25) is 5.91 Å². The molecule has 0 aliphatic carbocycles. The standard InChI is InChI=1S/C15H20Cl2N2O2/c1-10(20)19-5-4-15-12(9-18-6-7-21-15)11-2-3-13(16)14(17)8-11/h2-3,8,12,15,18H,4-7,9H2,1H3,(H,19,20). The maximum Gasteiger partial charge on any atom is 0.216 e. The van der Waals surface area contributed by atoms with Gasteiger partial charge in [-0.3, -0.25) is 4.79 Å². The van der Waals surface area contributed by atoms with Gasteiger partial charge in [0, 0.05) is 32.5 Å².